The Morgan fingerprint density at radius 2 is 1.33 bits per heavy atom. The van der Waals surface area contributed by atoms with Gasteiger partial charge < -0.3 is 19.6 Å². The van der Waals surface area contributed by atoms with Crippen LogP contribution >= 0.6 is 11.6 Å². The van der Waals surface area contributed by atoms with Gasteiger partial charge in [0.1, 0.15) is 12.1 Å². The molecule has 3 aromatic rings. The van der Waals surface area contributed by atoms with E-state index in [0.29, 0.717) is 39.6 Å². The van der Waals surface area contributed by atoms with Crippen molar-refractivity contribution in [2.45, 2.75) is 57.0 Å². The third-order valence-corrected chi connectivity index (χ3v) is 15.1. The molecule has 10 rings (SSSR count). The van der Waals surface area contributed by atoms with Gasteiger partial charge in [0, 0.05) is 101 Å². The first-order valence-corrected chi connectivity index (χ1v) is 21.9. The smallest absolute Gasteiger partial charge is 0.262 e. The van der Waals surface area contributed by atoms with Crippen LogP contribution in [0.5, 0.6) is 0 Å². The van der Waals surface area contributed by atoms with E-state index in [0.717, 1.165) is 119 Å². The zero-order chi connectivity index (χ0) is 41.3. The molecule has 1 N–H and O–H groups in total. The SMILES string of the molecule is N#Cc1ccc(N2CCC3(CCN(c4ccc(C(=O)N5CC6CN(C7CCN(c8ccc9c(c8)C(=O)N(C8CCC(=O)NC8=O)C9=O)CC7)CC6C5)cc4)CC3)C2)cc1Cl. The second-order valence-electron chi connectivity index (χ2n) is 18.1. The third kappa shape index (κ3) is 6.87. The fourth-order valence-electron chi connectivity index (χ4n) is 11.2. The lowest BCUT2D eigenvalue weighted by atomic mass is 9.77. The van der Waals surface area contributed by atoms with Crippen LogP contribution in [-0.2, 0) is 9.59 Å². The van der Waals surface area contributed by atoms with Crippen molar-refractivity contribution in [1.82, 2.24) is 20.0 Å². The second-order valence-corrected chi connectivity index (χ2v) is 18.5. The number of hydrogen-bond acceptors (Lipinski definition) is 10. The quantitative estimate of drug-likeness (QED) is 0.346. The minimum absolute atomic E-state index is 0.0937. The molecule has 13 nitrogen and oxygen atoms in total. The van der Waals surface area contributed by atoms with Crippen molar-refractivity contribution in [2.24, 2.45) is 17.3 Å². The molecule has 7 aliphatic rings. The summed E-state index contributed by atoms with van der Waals surface area (Å²) in [6.45, 7) is 9.24. The molecule has 0 bridgehead atoms. The van der Waals surface area contributed by atoms with Crippen molar-refractivity contribution >= 4 is 58.2 Å². The first-order valence-electron chi connectivity index (χ1n) is 21.5. The molecule has 0 radical (unpaired) electrons. The van der Waals surface area contributed by atoms with Gasteiger partial charge in [-0.2, -0.15) is 5.26 Å². The molecule has 7 aliphatic heterocycles. The van der Waals surface area contributed by atoms with E-state index < -0.39 is 23.8 Å². The van der Waals surface area contributed by atoms with Crippen LogP contribution in [0, 0.1) is 28.6 Å². The number of likely N-dealkylation sites (tertiary alicyclic amines) is 2. The molecule has 0 saturated carbocycles. The number of anilines is 3. The van der Waals surface area contributed by atoms with Crippen LogP contribution in [0.25, 0.3) is 0 Å². The summed E-state index contributed by atoms with van der Waals surface area (Å²) in [7, 11) is 0. The maximum absolute atomic E-state index is 13.7. The van der Waals surface area contributed by atoms with Gasteiger partial charge in [-0.15, -0.1) is 0 Å². The summed E-state index contributed by atoms with van der Waals surface area (Å²) < 4.78 is 0. The highest BCUT2D eigenvalue weighted by Crippen LogP contribution is 2.43. The van der Waals surface area contributed by atoms with Gasteiger partial charge in [-0.3, -0.25) is 39.1 Å². The van der Waals surface area contributed by atoms with Gasteiger partial charge in [0.15, 0.2) is 0 Å². The number of nitrogens with zero attached hydrogens (tertiary/aromatic N) is 7. The number of piperidine rings is 3. The summed E-state index contributed by atoms with van der Waals surface area (Å²) in [6.07, 6.45) is 5.61. The molecule has 60 heavy (non-hydrogen) atoms. The Morgan fingerprint density at radius 1 is 0.717 bits per heavy atom. The average Bonchev–Trinajstić information content (AvgIpc) is 4.03. The predicted octanol–water partition coefficient (Wildman–Crippen LogP) is 4.78. The number of hydrogen-bond donors (Lipinski definition) is 1. The predicted molar refractivity (Wildman–Crippen MR) is 226 cm³/mol. The topological polar surface area (TPSA) is 141 Å². The molecule has 6 saturated heterocycles. The summed E-state index contributed by atoms with van der Waals surface area (Å²) in [4.78, 5) is 77.2. The van der Waals surface area contributed by atoms with Crippen molar-refractivity contribution in [3.05, 3.63) is 87.9 Å². The molecule has 3 atom stereocenters. The summed E-state index contributed by atoms with van der Waals surface area (Å²) in [5.41, 5.74) is 5.33. The monoisotopic (exact) mass is 828 g/mol. The Bertz CT molecular complexity index is 2300. The number of fused-ring (bicyclic) bond motifs is 2. The van der Waals surface area contributed by atoms with Crippen molar-refractivity contribution in [3.63, 3.8) is 0 Å². The molecular weight excluding hydrogens is 780 g/mol. The number of nitriles is 1. The number of imide groups is 2. The van der Waals surface area contributed by atoms with Gasteiger partial charge in [0.05, 0.1) is 21.7 Å². The van der Waals surface area contributed by atoms with Gasteiger partial charge in [-0.1, -0.05) is 11.6 Å². The van der Waals surface area contributed by atoms with Gasteiger partial charge in [-0.05, 0) is 116 Å². The van der Waals surface area contributed by atoms with E-state index in [2.05, 4.69) is 48.0 Å². The molecule has 1 spiro atoms. The van der Waals surface area contributed by atoms with Gasteiger partial charge in [-0.25, -0.2) is 0 Å². The van der Waals surface area contributed by atoms with Crippen LogP contribution < -0.4 is 20.0 Å². The summed E-state index contributed by atoms with van der Waals surface area (Å²) in [6, 6.07) is 21.0. The lowest BCUT2D eigenvalue weighted by molar-refractivity contribution is -0.136. The van der Waals surface area contributed by atoms with E-state index in [9.17, 15) is 29.2 Å². The molecule has 3 unspecified atom stereocenters. The van der Waals surface area contributed by atoms with Crippen LogP contribution in [0.4, 0.5) is 17.1 Å². The number of amides is 5. The Labute approximate surface area is 354 Å². The number of carbonyl (C=O) groups excluding carboxylic acids is 5. The number of rotatable bonds is 6. The largest absolute Gasteiger partial charge is 0.371 e. The highest BCUT2D eigenvalue weighted by atomic mass is 35.5. The number of carbonyl (C=O) groups is 5. The fraction of sp³-hybridized carbons (Fsp3) is 0.478. The Morgan fingerprint density at radius 3 is 2.00 bits per heavy atom. The molecule has 7 heterocycles. The Balaban J connectivity index is 0.684. The van der Waals surface area contributed by atoms with Crippen molar-refractivity contribution in [2.75, 3.05) is 80.1 Å². The van der Waals surface area contributed by atoms with E-state index in [1.165, 1.54) is 5.69 Å². The van der Waals surface area contributed by atoms with Crippen LogP contribution in [0.2, 0.25) is 5.02 Å². The van der Waals surface area contributed by atoms with Crippen molar-refractivity contribution in [3.8, 4) is 6.07 Å². The van der Waals surface area contributed by atoms with Crippen molar-refractivity contribution in [1.29, 1.82) is 5.26 Å². The Hall–Kier alpha value is -5.45. The summed E-state index contributed by atoms with van der Waals surface area (Å²) >= 11 is 6.34. The van der Waals surface area contributed by atoms with Gasteiger partial charge >= 0.3 is 0 Å². The zero-order valence-electron chi connectivity index (χ0n) is 33.7. The number of halogens is 1. The first-order chi connectivity index (χ1) is 29.1. The number of benzene rings is 3. The van der Waals surface area contributed by atoms with Crippen LogP contribution in [-0.4, -0.2) is 122 Å². The maximum atomic E-state index is 13.7. The molecule has 5 amide bonds. The fourth-order valence-corrected chi connectivity index (χ4v) is 11.4. The van der Waals surface area contributed by atoms with E-state index in [4.69, 9.17) is 11.6 Å². The zero-order valence-corrected chi connectivity index (χ0v) is 34.4. The highest BCUT2D eigenvalue weighted by molar-refractivity contribution is 6.32. The molecular formula is C46H49ClN8O5. The van der Waals surface area contributed by atoms with Gasteiger partial charge in [0.2, 0.25) is 11.8 Å². The van der Waals surface area contributed by atoms with E-state index in [1.54, 1.807) is 12.1 Å². The van der Waals surface area contributed by atoms with Crippen LogP contribution in [0.1, 0.15) is 81.6 Å². The molecule has 0 aromatic heterocycles. The minimum Gasteiger partial charge on any atom is -0.371 e. The number of nitrogens with one attached hydrogen (secondary N) is 1. The van der Waals surface area contributed by atoms with E-state index in [-0.39, 0.29) is 30.1 Å². The van der Waals surface area contributed by atoms with Crippen LogP contribution in [0.3, 0.4) is 0 Å². The first kappa shape index (κ1) is 38.7. The lowest BCUT2D eigenvalue weighted by Gasteiger charge is -2.40. The lowest BCUT2D eigenvalue weighted by Crippen LogP contribution is -2.54. The van der Waals surface area contributed by atoms with E-state index in [1.807, 2.05) is 36.4 Å². The average molecular weight is 829 g/mol. The summed E-state index contributed by atoms with van der Waals surface area (Å²) in [5.74, 6) is -0.892. The molecule has 6 fully saturated rings. The van der Waals surface area contributed by atoms with Gasteiger partial charge in [0.25, 0.3) is 17.7 Å². The van der Waals surface area contributed by atoms with E-state index >= 15 is 0 Å². The minimum atomic E-state index is -0.972. The molecule has 0 aliphatic carbocycles. The molecule has 310 valence electrons. The van der Waals surface area contributed by atoms with Crippen molar-refractivity contribution < 1.29 is 24.0 Å². The highest BCUT2D eigenvalue weighted by Gasteiger charge is 2.46. The normalized spacial score (nSPS) is 25.6. The summed E-state index contributed by atoms with van der Waals surface area (Å²) in [5, 5.41) is 12.0. The third-order valence-electron chi connectivity index (χ3n) is 14.8. The molecule has 3 aromatic carbocycles. The van der Waals surface area contributed by atoms with Crippen LogP contribution in [0.15, 0.2) is 60.7 Å². The second kappa shape index (κ2) is 15.2. The molecule has 14 heteroatoms. The Kier molecular flexibility index (Phi) is 9.83. The maximum Gasteiger partial charge on any atom is 0.262 e. The standard InChI is InChI=1S/C46H49ClN8O5/c47-39-22-36(6-3-30(39)23-48)52-20-15-46(28-52)13-18-51(19-14-46)33-4-1-29(2-5-33)43(58)54-26-31-24-53(25-32(31)27-54)34-11-16-50(17-12-34)35-7-8-37-38(21-35)45(60)55(44(37)59)40-9-10-41(56)49-42(40)57/h1-8,21-22,31-32,34,40H,9-20,24-28H2,(H,49,56,57).